The minimum Gasteiger partial charge on any atom is -0.310 e. The van der Waals surface area contributed by atoms with E-state index < -0.39 is 60.6 Å². The fraction of sp³-hybridized carbons (Fsp3) is 0.923. The largest absolute Gasteiger partial charge is 0.460 e. The van der Waals surface area contributed by atoms with Gasteiger partial charge in [0.1, 0.15) is 0 Å². The van der Waals surface area contributed by atoms with Crippen molar-refractivity contribution in [2.75, 3.05) is 17.5 Å². The molecule has 2 nitrogen and oxygen atoms in total. The Morgan fingerprint density at radius 1 is 0.724 bits per heavy atom. The molecule has 0 aromatic rings. The monoisotopic (exact) mass is 568 g/mol. The Kier molecular flexibility index (Phi) is 6.91. The van der Waals surface area contributed by atoms with Crippen molar-refractivity contribution in [3.63, 3.8) is 0 Å². The van der Waals surface area contributed by atoms with Crippen molar-refractivity contribution < 1.29 is 57.1 Å². The standard InChI is InChI=1S/C13H10F13IN2/c14-8(15,1-6-3-29(5-28)4-7(6)2-27)9(16,17)10(18,19)11(20,21)12(22,23)13(24,25)26/h6-7H,1-4H2. The van der Waals surface area contributed by atoms with Crippen LogP contribution in [0.4, 0.5) is 57.1 Å². The first-order valence-electron chi connectivity index (χ1n) is 7.37. The van der Waals surface area contributed by atoms with Gasteiger partial charge in [-0.1, -0.05) is 22.6 Å². The molecular formula is C13H10F13IN2. The maximum atomic E-state index is 13.9. The van der Waals surface area contributed by atoms with Gasteiger partial charge in [-0.2, -0.15) is 62.3 Å². The zero-order chi connectivity index (χ0) is 23.3. The molecule has 0 aliphatic carbocycles. The number of nitriles is 1. The van der Waals surface area contributed by atoms with Crippen LogP contribution in [0.1, 0.15) is 6.42 Å². The van der Waals surface area contributed by atoms with Crippen LogP contribution in [0.3, 0.4) is 0 Å². The van der Waals surface area contributed by atoms with Gasteiger partial charge < -0.3 is 4.90 Å². The molecule has 1 aliphatic heterocycles. The van der Waals surface area contributed by atoms with Gasteiger partial charge >= 0.3 is 35.8 Å². The quantitative estimate of drug-likeness (QED) is 0.174. The van der Waals surface area contributed by atoms with E-state index in [4.69, 9.17) is 5.26 Å². The Bertz CT molecular complexity index is 640. The predicted molar refractivity (Wildman–Crippen MR) is 78.5 cm³/mol. The van der Waals surface area contributed by atoms with Crippen molar-refractivity contribution in [3.05, 3.63) is 0 Å². The summed E-state index contributed by atoms with van der Waals surface area (Å²) in [4.78, 5) is 0.798. The zero-order valence-electron chi connectivity index (χ0n) is 13.7. The fourth-order valence-corrected chi connectivity index (χ4v) is 3.68. The van der Waals surface area contributed by atoms with Gasteiger partial charge in [0.15, 0.2) is 6.19 Å². The smallest absolute Gasteiger partial charge is 0.310 e. The summed E-state index contributed by atoms with van der Waals surface area (Å²) in [5.41, 5.74) is 0. The van der Waals surface area contributed by atoms with Crippen molar-refractivity contribution in [1.82, 2.24) is 4.90 Å². The normalized spacial score (nSPS) is 22.7. The van der Waals surface area contributed by atoms with Crippen molar-refractivity contribution in [1.29, 1.82) is 5.26 Å². The van der Waals surface area contributed by atoms with Gasteiger partial charge in [0, 0.05) is 23.9 Å². The van der Waals surface area contributed by atoms with Gasteiger partial charge in [0.2, 0.25) is 0 Å². The molecule has 0 saturated carbocycles. The Hall–Kier alpha value is -0.890. The second-order valence-corrected chi connectivity index (χ2v) is 7.26. The van der Waals surface area contributed by atoms with Gasteiger partial charge in [-0.3, -0.25) is 0 Å². The summed E-state index contributed by atoms with van der Waals surface area (Å²) in [6.07, 6.45) is -8.18. The van der Waals surface area contributed by atoms with Crippen LogP contribution in [0.25, 0.3) is 0 Å². The van der Waals surface area contributed by atoms with Crippen LogP contribution in [0.15, 0.2) is 0 Å². The molecule has 1 fully saturated rings. The molecule has 170 valence electrons. The summed E-state index contributed by atoms with van der Waals surface area (Å²) in [5, 5.41) is 8.69. The number of hydrogen-bond acceptors (Lipinski definition) is 2. The van der Waals surface area contributed by atoms with E-state index in [-0.39, 0.29) is 11.0 Å². The number of rotatable bonds is 7. The molecule has 0 spiro atoms. The summed E-state index contributed by atoms with van der Waals surface area (Å²) < 4.78 is 170. The lowest BCUT2D eigenvalue weighted by Crippen LogP contribution is -2.70. The van der Waals surface area contributed by atoms with Crippen LogP contribution >= 0.6 is 22.6 Å². The lowest BCUT2D eigenvalue weighted by atomic mass is 9.85. The topological polar surface area (TPSA) is 27.0 Å². The summed E-state index contributed by atoms with van der Waals surface area (Å²) in [5.74, 6) is -39.3. The summed E-state index contributed by atoms with van der Waals surface area (Å²) in [6, 6.07) is 0. The van der Waals surface area contributed by atoms with Crippen LogP contribution in [-0.4, -0.2) is 58.2 Å². The number of nitrogens with zero attached hydrogens (tertiary/aromatic N) is 2. The van der Waals surface area contributed by atoms with Crippen LogP contribution < -0.4 is 0 Å². The highest BCUT2D eigenvalue weighted by Gasteiger charge is 2.90. The third-order valence-electron chi connectivity index (χ3n) is 4.43. The molecule has 16 heteroatoms. The van der Waals surface area contributed by atoms with Crippen LogP contribution in [0.2, 0.25) is 0 Å². The third-order valence-corrected chi connectivity index (χ3v) is 5.56. The second-order valence-electron chi connectivity index (χ2n) is 6.38. The van der Waals surface area contributed by atoms with Gasteiger partial charge in [0.05, 0.1) is 0 Å². The van der Waals surface area contributed by atoms with E-state index >= 15 is 0 Å². The molecule has 0 N–H and O–H groups in total. The van der Waals surface area contributed by atoms with E-state index in [1.54, 1.807) is 22.6 Å². The molecule has 2 unspecified atom stereocenters. The molecule has 1 aliphatic rings. The minimum atomic E-state index is -7.89. The Balaban J connectivity index is 3.31. The molecule has 0 aromatic carbocycles. The zero-order valence-corrected chi connectivity index (χ0v) is 15.8. The van der Waals surface area contributed by atoms with Gasteiger partial charge in [-0.05, 0) is 11.8 Å². The average Bonchev–Trinajstić information content (AvgIpc) is 2.94. The highest BCUT2D eigenvalue weighted by atomic mass is 127. The van der Waals surface area contributed by atoms with E-state index in [1.807, 2.05) is 0 Å². The van der Waals surface area contributed by atoms with Gasteiger partial charge in [-0.25, -0.2) is 0 Å². The van der Waals surface area contributed by atoms with E-state index in [1.165, 1.54) is 6.19 Å². The molecule has 0 radical (unpaired) electrons. The second kappa shape index (κ2) is 7.66. The first-order chi connectivity index (χ1) is 12.7. The minimum absolute atomic E-state index is 0.0407. The molecule has 2 atom stereocenters. The fourth-order valence-electron chi connectivity index (χ4n) is 2.69. The van der Waals surface area contributed by atoms with Gasteiger partial charge in [0.25, 0.3) is 0 Å². The van der Waals surface area contributed by atoms with E-state index in [9.17, 15) is 57.1 Å². The van der Waals surface area contributed by atoms with Crippen molar-refractivity contribution >= 4 is 22.6 Å². The molecule has 29 heavy (non-hydrogen) atoms. The van der Waals surface area contributed by atoms with E-state index in [0.29, 0.717) is 0 Å². The van der Waals surface area contributed by atoms with Crippen molar-refractivity contribution in [2.45, 2.75) is 42.2 Å². The first kappa shape index (κ1) is 26.1. The van der Waals surface area contributed by atoms with Crippen LogP contribution in [-0.2, 0) is 0 Å². The predicted octanol–water partition coefficient (Wildman–Crippen LogP) is 5.58. The molecule has 1 saturated heterocycles. The Labute approximate surface area is 168 Å². The van der Waals surface area contributed by atoms with E-state index in [2.05, 4.69) is 0 Å². The lowest BCUT2D eigenvalue weighted by molar-refractivity contribution is -0.440. The highest BCUT2D eigenvalue weighted by molar-refractivity contribution is 14.1. The molecule has 1 rings (SSSR count). The van der Waals surface area contributed by atoms with Crippen LogP contribution in [0, 0.1) is 23.3 Å². The Morgan fingerprint density at radius 2 is 1.14 bits per heavy atom. The molecular weight excluding hydrogens is 558 g/mol. The maximum absolute atomic E-state index is 13.9. The summed E-state index contributed by atoms with van der Waals surface area (Å²) >= 11 is 1.59. The van der Waals surface area contributed by atoms with Crippen molar-refractivity contribution in [2.24, 2.45) is 11.8 Å². The highest BCUT2D eigenvalue weighted by Crippen LogP contribution is 2.61. The molecule has 0 aromatic heterocycles. The van der Waals surface area contributed by atoms with Crippen molar-refractivity contribution in [3.8, 4) is 6.19 Å². The maximum Gasteiger partial charge on any atom is 0.460 e. The average molecular weight is 568 g/mol. The summed E-state index contributed by atoms with van der Waals surface area (Å²) in [6.45, 7) is -0.888. The Morgan fingerprint density at radius 3 is 1.52 bits per heavy atom. The SMILES string of the molecule is N#CN1CC(CI)C(CC(F)(F)C(F)(F)C(F)(F)C(F)(F)C(F)(F)C(F)(F)F)C1. The number of hydrogen-bond donors (Lipinski definition) is 0. The van der Waals surface area contributed by atoms with Gasteiger partial charge in [-0.15, -0.1) is 0 Å². The number of likely N-dealkylation sites (tertiary alicyclic amines) is 1. The molecule has 0 amide bonds. The van der Waals surface area contributed by atoms with E-state index in [0.717, 1.165) is 4.90 Å². The number of alkyl halides is 14. The number of halogens is 14. The first-order valence-corrected chi connectivity index (χ1v) is 8.90. The van der Waals surface area contributed by atoms with Crippen LogP contribution in [0.5, 0.6) is 0 Å². The molecule has 0 bridgehead atoms. The third kappa shape index (κ3) is 4.03. The lowest BCUT2D eigenvalue weighted by Gasteiger charge is -2.40. The molecule has 1 heterocycles. The summed E-state index contributed by atoms with van der Waals surface area (Å²) in [7, 11) is 0.